The Morgan fingerprint density at radius 1 is 0.833 bits per heavy atom. The quantitative estimate of drug-likeness (QED) is 0.312. The molecule has 0 aromatic rings. The van der Waals surface area contributed by atoms with Crippen molar-refractivity contribution in [1.82, 2.24) is 0 Å². The second-order valence-corrected chi connectivity index (χ2v) is 6.88. The summed E-state index contributed by atoms with van der Waals surface area (Å²) in [5.74, 6) is -0.503. The smallest absolute Gasteiger partial charge is 0.288 e. The van der Waals surface area contributed by atoms with Crippen LogP contribution in [-0.4, -0.2) is 33.8 Å². The summed E-state index contributed by atoms with van der Waals surface area (Å²) in [5, 5.41) is 0. The van der Waals surface area contributed by atoms with Crippen molar-refractivity contribution < 1.29 is 14.2 Å². The highest BCUT2D eigenvalue weighted by atomic mass is 16.9. The lowest BCUT2D eigenvalue weighted by atomic mass is 9.65. The molecular weight excluding hydrogens is 302 g/mol. The van der Waals surface area contributed by atoms with E-state index in [0.29, 0.717) is 12.5 Å². The third-order valence-corrected chi connectivity index (χ3v) is 5.80. The number of rotatable bonds is 16. The van der Waals surface area contributed by atoms with Crippen molar-refractivity contribution in [3.8, 4) is 0 Å². The molecule has 2 N–H and O–H groups in total. The summed E-state index contributed by atoms with van der Waals surface area (Å²) in [7, 11) is 5.06. The minimum Gasteiger partial charge on any atom is -0.330 e. The molecule has 24 heavy (non-hydrogen) atoms. The fourth-order valence-electron chi connectivity index (χ4n) is 4.43. The van der Waals surface area contributed by atoms with Crippen molar-refractivity contribution in [2.24, 2.45) is 17.1 Å². The monoisotopic (exact) mass is 345 g/mol. The highest BCUT2D eigenvalue weighted by Crippen LogP contribution is 2.51. The van der Waals surface area contributed by atoms with Gasteiger partial charge in [0.05, 0.1) is 5.41 Å². The van der Waals surface area contributed by atoms with E-state index >= 15 is 0 Å². The lowest BCUT2D eigenvalue weighted by molar-refractivity contribution is -0.419. The molecule has 0 spiro atoms. The fourth-order valence-corrected chi connectivity index (χ4v) is 4.43. The molecule has 0 heterocycles. The van der Waals surface area contributed by atoms with Gasteiger partial charge in [0.2, 0.25) is 0 Å². The van der Waals surface area contributed by atoms with E-state index in [1.165, 1.54) is 38.5 Å². The second kappa shape index (κ2) is 13.1. The molecule has 0 aliphatic carbocycles. The van der Waals surface area contributed by atoms with Gasteiger partial charge in [-0.25, -0.2) is 0 Å². The number of nitrogens with two attached hydrogens (primary N) is 1. The van der Waals surface area contributed by atoms with Crippen LogP contribution >= 0.6 is 0 Å². The summed E-state index contributed by atoms with van der Waals surface area (Å²) >= 11 is 0. The van der Waals surface area contributed by atoms with Gasteiger partial charge in [0.1, 0.15) is 0 Å². The molecule has 2 atom stereocenters. The van der Waals surface area contributed by atoms with Crippen LogP contribution in [0.5, 0.6) is 0 Å². The zero-order valence-electron chi connectivity index (χ0n) is 17.2. The van der Waals surface area contributed by atoms with Gasteiger partial charge in [0.25, 0.3) is 5.97 Å². The summed E-state index contributed by atoms with van der Waals surface area (Å²) in [4.78, 5) is 0. The number of methoxy groups -OCH3 is 3. The Labute approximate surface area is 150 Å². The highest BCUT2D eigenvalue weighted by molar-refractivity contribution is 4.93. The van der Waals surface area contributed by atoms with Crippen LogP contribution < -0.4 is 5.73 Å². The molecule has 0 fully saturated rings. The first kappa shape index (κ1) is 23.8. The second-order valence-electron chi connectivity index (χ2n) is 6.88. The first-order valence-corrected chi connectivity index (χ1v) is 9.93. The highest BCUT2D eigenvalue weighted by Gasteiger charge is 2.55. The Bertz CT molecular complexity index is 286. The normalized spacial score (nSPS) is 16.1. The van der Waals surface area contributed by atoms with Crippen LogP contribution in [-0.2, 0) is 14.2 Å². The average Bonchev–Trinajstić information content (AvgIpc) is 2.63. The van der Waals surface area contributed by atoms with Crippen molar-refractivity contribution in [3.63, 3.8) is 0 Å². The molecule has 0 rings (SSSR count). The minimum absolute atomic E-state index is 0.176. The maximum absolute atomic E-state index is 5.83. The van der Waals surface area contributed by atoms with E-state index in [1.54, 1.807) is 21.3 Å². The molecule has 0 radical (unpaired) electrons. The molecule has 0 aromatic carbocycles. The lowest BCUT2D eigenvalue weighted by Crippen LogP contribution is -2.56. The zero-order valence-corrected chi connectivity index (χ0v) is 17.2. The van der Waals surface area contributed by atoms with Gasteiger partial charge in [-0.05, 0) is 38.1 Å². The van der Waals surface area contributed by atoms with E-state index in [4.69, 9.17) is 19.9 Å². The lowest BCUT2D eigenvalue weighted by Gasteiger charge is -2.51. The van der Waals surface area contributed by atoms with Crippen molar-refractivity contribution in [2.75, 3.05) is 27.9 Å². The van der Waals surface area contributed by atoms with Crippen LogP contribution in [0.25, 0.3) is 0 Å². The average molecular weight is 346 g/mol. The van der Waals surface area contributed by atoms with Crippen molar-refractivity contribution in [2.45, 2.75) is 91.0 Å². The van der Waals surface area contributed by atoms with Crippen LogP contribution in [0.3, 0.4) is 0 Å². The molecule has 4 heteroatoms. The van der Waals surface area contributed by atoms with Gasteiger partial charge in [-0.2, -0.15) is 0 Å². The Hall–Kier alpha value is -0.160. The maximum atomic E-state index is 5.83. The summed E-state index contributed by atoms with van der Waals surface area (Å²) < 4.78 is 17.5. The summed E-state index contributed by atoms with van der Waals surface area (Å²) in [6.07, 6.45) is 11.7. The molecule has 4 nitrogen and oxygen atoms in total. The summed E-state index contributed by atoms with van der Waals surface area (Å²) in [5.41, 5.74) is 5.66. The Balaban J connectivity index is 5.37. The van der Waals surface area contributed by atoms with Crippen molar-refractivity contribution in [3.05, 3.63) is 0 Å². The van der Waals surface area contributed by atoms with Crippen LogP contribution in [0.1, 0.15) is 85.0 Å². The van der Waals surface area contributed by atoms with Crippen molar-refractivity contribution >= 4 is 0 Å². The molecule has 0 aromatic heterocycles. The van der Waals surface area contributed by atoms with Gasteiger partial charge in [0, 0.05) is 21.3 Å². The van der Waals surface area contributed by atoms with Crippen LogP contribution in [0.2, 0.25) is 0 Å². The third-order valence-electron chi connectivity index (χ3n) is 5.80. The van der Waals surface area contributed by atoms with E-state index in [9.17, 15) is 0 Å². The Morgan fingerprint density at radius 2 is 1.42 bits per heavy atom. The molecule has 0 saturated carbocycles. The molecule has 146 valence electrons. The van der Waals surface area contributed by atoms with Gasteiger partial charge in [-0.15, -0.1) is 0 Å². The predicted octanol–water partition coefficient (Wildman–Crippen LogP) is 5.10. The third kappa shape index (κ3) is 5.69. The van der Waals surface area contributed by atoms with E-state index in [1.807, 2.05) is 0 Å². The topological polar surface area (TPSA) is 53.7 Å². The number of hydrogen-bond acceptors (Lipinski definition) is 4. The predicted molar refractivity (Wildman–Crippen MR) is 102 cm³/mol. The standard InChI is InChI=1S/C20H43NO3/c1-7-10-11-12-13-15-18(8-2)19(9-3,16-14-17-21)20(22-4,23-5)24-6/h18H,7-17,21H2,1-6H3. The van der Waals surface area contributed by atoms with Crippen LogP contribution in [0.15, 0.2) is 0 Å². The summed E-state index contributed by atoms with van der Waals surface area (Å²) in [6, 6.07) is 0. The summed E-state index contributed by atoms with van der Waals surface area (Å²) in [6.45, 7) is 7.44. The fraction of sp³-hybridized carbons (Fsp3) is 1.00. The molecule has 0 saturated heterocycles. The largest absolute Gasteiger partial charge is 0.330 e. The zero-order chi connectivity index (χ0) is 18.5. The van der Waals surface area contributed by atoms with E-state index in [2.05, 4.69) is 20.8 Å². The Morgan fingerprint density at radius 3 is 1.83 bits per heavy atom. The number of unbranched alkanes of at least 4 members (excludes halogenated alkanes) is 4. The molecular formula is C20H43NO3. The maximum Gasteiger partial charge on any atom is 0.288 e. The van der Waals surface area contributed by atoms with E-state index < -0.39 is 5.97 Å². The van der Waals surface area contributed by atoms with Gasteiger partial charge in [0.15, 0.2) is 0 Å². The van der Waals surface area contributed by atoms with E-state index in [-0.39, 0.29) is 5.41 Å². The van der Waals surface area contributed by atoms with Gasteiger partial charge >= 0.3 is 0 Å². The molecule has 0 amide bonds. The SMILES string of the molecule is CCCCCCCC(CC)C(CC)(CCCN)C(OC)(OC)OC. The van der Waals surface area contributed by atoms with Gasteiger partial charge in [-0.1, -0.05) is 59.3 Å². The molecule has 0 aliphatic heterocycles. The van der Waals surface area contributed by atoms with Gasteiger partial charge < -0.3 is 19.9 Å². The van der Waals surface area contributed by atoms with E-state index in [0.717, 1.165) is 25.7 Å². The Kier molecular flexibility index (Phi) is 13.0. The van der Waals surface area contributed by atoms with Crippen LogP contribution in [0, 0.1) is 11.3 Å². The van der Waals surface area contributed by atoms with Crippen LogP contribution in [0.4, 0.5) is 0 Å². The number of hydrogen-bond donors (Lipinski definition) is 1. The molecule has 0 aliphatic rings. The number of ether oxygens (including phenoxy) is 3. The van der Waals surface area contributed by atoms with Gasteiger partial charge in [-0.3, -0.25) is 0 Å². The molecule has 0 bridgehead atoms. The minimum atomic E-state index is -0.999. The first-order valence-electron chi connectivity index (χ1n) is 9.93. The van der Waals surface area contributed by atoms with Crippen molar-refractivity contribution in [1.29, 1.82) is 0 Å². The molecule has 2 unspecified atom stereocenters. The first-order chi connectivity index (χ1) is 11.6.